The molecule has 1 aliphatic heterocycles. The molecule has 1 unspecified atom stereocenters. The molecule has 1 atom stereocenters. The van der Waals surface area contributed by atoms with Crippen molar-refractivity contribution < 1.29 is 18.7 Å². The van der Waals surface area contributed by atoms with Gasteiger partial charge in [0, 0.05) is 13.0 Å². The molecule has 3 heterocycles. The van der Waals surface area contributed by atoms with Gasteiger partial charge < -0.3 is 13.9 Å². The number of methoxy groups -OCH3 is 1. The SMILES string of the molecule is CCC1(C(=O)OC)CCCN1Cc1ccc(OCCc2nc(-c3cccs3)oc2C)cc1. The van der Waals surface area contributed by atoms with Crippen molar-refractivity contribution in [3.05, 3.63) is 58.8 Å². The number of hydrogen-bond acceptors (Lipinski definition) is 7. The van der Waals surface area contributed by atoms with Crippen LogP contribution in [0.15, 0.2) is 46.2 Å². The third-order valence-corrected chi connectivity index (χ3v) is 7.16. The fourth-order valence-corrected chi connectivity index (χ4v) is 5.12. The second-order valence-electron chi connectivity index (χ2n) is 8.14. The van der Waals surface area contributed by atoms with Crippen LogP contribution in [0.3, 0.4) is 0 Å². The molecule has 1 aliphatic rings. The summed E-state index contributed by atoms with van der Waals surface area (Å²) in [4.78, 5) is 20.4. The lowest BCUT2D eigenvalue weighted by Gasteiger charge is -2.35. The Hall–Kier alpha value is -2.64. The molecule has 2 aromatic heterocycles. The predicted molar refractivity (Wildman–Crippen MR) is 125 cm³/mol. The third-order valence-electron chi connectivity index (χ3n) is 6.30. The number of carbonyl (C=O) groups is 1. The Morgan fingerprint density at radius 3 is 2.78 bits per heavy atom. The number of hydrogen-bond donors (Lipinski definition) is 0. The third kappa shape index (κ3) is 4.59. The zero-order valence-electron chi connectivity index (χ0n) is 18.9. The van der Waals surface area contributed by atoms with Crippen LogP contribution in [0.2, 0.25) is 0 Å². The van der Waals surface area contributed by atoms with Crippen LogP contribution in [0, 0.1) is 6.92 Å². The number of likely N-dealkylation sites (tertiary alicyclic amines) is 1. The van der Waals surface area contributed by atoms with E-state index in [2.05, 4.69) is 28.9 Å². The molecule has 1 fully saturated rings. The van der Waals surface area contributed by atoms with Gasteiger partial charge in [-0.05, 0) is 61.9 Å². The maximum absolute atomic E-state index is 12.5. The topological polar surface area (TPSA) is 64.8 Å². The van der Waals surface area contributed by atoms with Crippen LogP contribution >= 0.6 is 11.3 Å². The summed E-state index contributed by atoms with van der Waals surface area (Å²) >= 11 is 1.62. The summed E-state index contributed by atoms with van der Waals surface area (Å²) in [6.45, 7) is 6.17. The summed E-state index contributed by atoms with van der Waals surface area (Å²) in [6, 6.07) is 12.1. The minimum Gasteiger partial charge on any atom is -0.493 e. The summed E-state index contributed by atoms with van der Waals surface area (Å²) < 4.78 is 16.9. The molecule has 0 N–H and O–H groups in total. The van der Waals surface area contributed by atoms with Gasteiger partial charge in [-0.1, -0.05) is 25.1 Å². The van der Waals surface area contributed by atoms with Gasteiger partial charge in [0.15, 0.2) is 0 Å². The van der Waals surface area contributed by atoms with Crippen LogP contribution < -0.4 is 4.74 Å². The van der Waals surface area contributed by atoms with Gasteiger partial charge in [-0.3, -0.25) is 9.69 Å². The van der Waals surface area contributed by atoms with E-state index < -0.39 is 5.54 Å². The van der Waals surface area contributed by atoms with Crippen molar-refractivity contribution in [3.8, 4) is 16.5 Å². The van der Waals surface area contributed by atoms with E-state index >= 15 is 0 Å². The van der Waals surface area contributed by atoms with Crippen molar-refractivity contribution in [2.45, 2.75) is 51.6 Å². The number of thiophene rings is 1. The van der Waals surface area contributed by atoms with E-state index in [0.29, 0.717) is 18.9 Å². The highest BCUT2D eigenvalue weighted by molar-refractivity contribution is 7.13. The summed E-state index contributed by atoms with van der Waals surface area (Å²) in [5, 5.41) is 2.02. The molecular formula is C25H30N2O4S. The average Bonchev–Trinajstić information content (AvgIpc) is 3.55. The molecule has 0 radical (unpaired) electrons. The minimum atomic E-state index is -0.499. The lowest BCUT2D eigenvalue weighted by Crippen LogP contribution is -2.50. The Morgan fingerprint density at radius 1 is 1.28 bits per heavy atom. The highest BCUT2D eigenvalue weighted by Crippen LogP contribution is 2.35. The molecule has 6 nitrogen and oxygen atoms in total. The van der Waals surface area contributed by atoms with E-state index in [9.17, 15) is 4.79 Å². The number of rotatable bonds is 9. The quantitative estimate of drug-likeness (QED) is 0.412. The van der Waals surface area contributed by atoms with Crippen molar-refractivity contribution >= 4 is 17.3 Å². The van der Waals surface area contributed by atoms with Crippen LogP contribution in [-0.2, 0) is 22.5 Å². The van der Waals surface area contributed by atoms with Gasteiger partial charge in [-0.25, -0.2) is 4.98 Å². The monoisotopic (exact) mass is 454 g/mol. The molecule has 1 aromatic carbocycles. The van der Waals surface area contributed by atoms with Crippen LogP contribution in [0.4, 0.5) is 0 Å². The van der Waals surface area contributed by atoms with Gasteiger partial charge in [0.05, 0.1) is 24.3 Å². The molecule has 0 amide bonds. The van der Waals surface area contributed by atoms with E-state index in [1.54, 1.807) is 11.3 Å². The molecule has 4 rings (SSSR count). The molecule has 1 saturated heterocycles. The molecule has 170 valence electrons. The number of oxazole rings is 1. The van der Waals surface area contributed by atoms with E-state index in [4.69, 9.17) is 13.9 Å². The highest BCUT2D eigenvalue weighted by atomic mass is 32.1. The normalized spacial score (nSPS) is 18.7. The first-order valence-corrected chi connectivity index (χ1v) is 12.0. The van der Waals surface area contributed by atoms with Crippen LogP contribution in [0.25, 0.3) is 10.8 Å². The van der Waals surface area contributed by atoms with Crippen molar-refractivity contribution in [1.29, 1.82) is 0 Å². The maximum atomic E-state index is 12.5. The van der Waals surface area contributed by atoms with Crippen LogP contribution in [-0.4, -0.2) is 41.7 Å². The Labute approximate surface area is 193 Å². The lowest BCUT2D eigenvalue weighted by atomic mass is 9.92. The molecule has 0 saturated carbocycles. The molecule has 3 aromatic rings. The Morgan fingerprint density at radius 2 is 2.09 bits per heavy atom. The molecular weight excluding hydrogens is 424 g/mol. The maximum Gasteiger partial charge on any atom is 0.326 e. The van der Waals surface area contributed by atoms with Gasteiger partial charge in [0.25, 0.3) is 0 Å². The molecule has 0 bridgehead atoms. The van der Waals surface area contributed by atoms with Gasteiger partial charge in [-0.2, -0.15) is 0 Å². The largest absolute Gasteiger partial charge is 0.493 e. The van der Waals surface area contributed by atoms with E-state index in [0.717, 1.165) is 60.0 Å². The molecule has 32 heavy (non-hydrogen) atoms. The predicted octanol–water partition coefficient (Wildman–Crippen LogP) is 5.25. The zero-order chi connectivity index (χ0) is 22.6. The molecule has 0 aliphatic carbocycles. The Balaban J connectivity index is 1.32. The number of aromatic nitrogens is 1. The van der Waals surface area contributed by atoms with Gasteiger partial charge in [0.2, 0.25) is 5.89 Å². The van der Waals surface area contributed by atoms with E-state index in [-0.39, 0.29) is 5.97 Å². The van der Waals surface area contributed by atoms with Gasteiger partial charge >= 0.3 is 5.97 Å². The molecule has 7 heteroatoms. The smallest absolute Gasteiger partial charge is 0.326 e. The number of esters is 1. The summed E-state index contributed by atoms with van der Waals surface area (Å²) in [6.07, 6.45) is 3.32. The number of nitrogens with zero attached hydrogens (tertiary/aromatic N) is 2. The Bertz CT molecular complexity index is 1030. The van der Waals surface area contributed by atoms with Crippen molar-refractivity contribution in [3.63, 3.8) is 0 Å². The first-order valence-electron chi connectivity index (χ1n) is 11.1. The first-order chi connectivity index (χ1) is 15.6. The Kier molecular flexibility index (Phi) is 6.96. The highest BCUT2D eigenvalue weighted by Gasteiger charge is 2.46. The first kappa shape index (κ1) is 22.6. The fraction of sp³-hybridized carbons (Fsp3) is 0.440. The number of ether oxygens (including phenoxy) is 2. The van der Waals surface area contributed by atoms with Crippen LogP contribution in [0.5, 0.6) is 5.75 Å². The summed E-state index contributed by atoms with van der Waals surface area (Å²) in [5.41, 5.74) is 1.59. The zero-order valence-corrected chi connectivity index (χ0v) is 19.7. The average molecular weight is 455 g/mol. The standard InChI is InChI=1S/C25H30N2O4S/c1-4-25(24(28)29-3)13-6-14-27(25)17-19-8-10-20(11-9-19)30-15-12-21-18(2)31-23(26-21)22-7-5-16-32-22/h5,7-11,16H,4,6,12-15,17H2,1-3H3. The summed E-state index contributed by atoms with van der Waals surface area (Å²) in [5.74, 6) is 2.21. The van der Waals surface area contributed by atoms with Gasteiger partial charge in [0.1, 0.15) is 17.0 Å². The second-order valence-corrected chi connectivity index (χ2v) is 9.09. The van der Waals surface area contributed by atoms with Gasteiger partial charge in [-0.15, -0.1) is 11.3 Å². The second kappa shape index (κ2) is 9.88. The number of carbonyl (C=O) groups excluding carboxylic acids is 1. The lowest BCUT2D eigenvalue weighted by molar-refractivity contribution is -0.154. The number of aryl methyl sites for hydroxylation is 1. The summed E-state index contributed by atoms with van der Waals surface area (Å²) in [7, 11) is 1.48. The van der Waals surface area contributed by atoms with Crippen molar-refractivity contribution in [2.75, 3.05) is 20.3 Å². The minimum absolute atomic E-state index is 0.122. The molecule has 0 spiro atoms. The van der Waals surface area contributed by atoms with Crippen molar-refractivity contribution in [2.24, 2.45) is 0 Å². The van der Waals surface area contributed by atoms with E-state index in [1.807, 2.05) is 36.6 Å². The number of benzene rings is 1. The van der Waals surface area contributed by atoms with Crippen LogP contribution in [0.1, 0.15) is 43.2 Å². The fourth-order valence-electron chi connectivity index (χ4n) is 4.47. The van der Waals surface area contributed by atoms with E-state index in [1.165, 1.54) is 7.11 Å². The van der Waals surface area contributed by atoms with Crippen molar-refractivity contribution in [1.82, 2.24) is 9.88 Å².